The molecule has 5 rings (SSSR count). The lowest BCUT2D eigenvalue weighted by Crippen LogP contribution is -2.53. The van der Waals surface area contributed by atoms with Crippen LogP contribution in [0.5, 0.6) is 5.75 Å². The fourth-order valence-corrected chi connectivity index (χ4v) is 5.14. The molecule has 0 saturated carbocycles. The molecule has 40 heavy (non-hydrogen) atoms. The van der Waals surface area contributed by atoms with E-state index in [4.69, 9.17) is 4.74 Å². The van der Waals surface area contributed by atoms with E-state index in [-0.39, 0.29) is 28.4 Å². The van der Waals surface area contributed by atoms with E-state index in [9.17, 15) is 27.1 Å². The molecule has 4 aromatic rings. The summed E-state index contributed by atoms with van der Waals surface area (Å²) in [5.74, 6) is -0.839. The molecule has 0 spiro atoms. The smallest absolute Gasteiger partial charge is 0.418 e. The van der Waals surface area contributed by atoms with Gasteiger partial charge in [-0.1, -0.05) is 39.0 Å². The predicted molar refractivity (Wildman–Crippen MR) is 139 cm³/mol. The van der Waals surface area contributed by atoms with Crippen LogP contribution in [0, 0.1) is 11.6 Å². The minimum atomic E-state index is -4.99. The molecule has 0 bridgehead atoms. The summed E-state index contributed by atoms with van der Waals surface area (Å²) in [4.78, 5) is 8.69. The topological polar surface area (TPSA) is 85.1 Å². The Kier molecular flexibility index (Phi) is 6.93. The predicted octanol–water partition coefficient (Wildman–Crippen LogP) is 5.66. The van der Waals surface area contributed by atoms with Crippen LogP contribution in [-0.4, -0.2) is 49.8 Å². The van der Waals surface area contributed by atoms with Crippen molar-refractivity contribution >= 4 is 16.9 Å². The quantitative estimate of drug-likeness (QED) is 0.270. The van der Waals surface area contributed by atoms with Crippen LogP contribution in [0.25, 0.3) is 16.7 Å². The normalized spacial score (nSPS) is 15.1. The van der Waals surface area contributed by atoms with Gasteiger partial charge >= 0.3 is 6.18 Å². The van der Waals surface area contributed by atoms with Gasteiger partial charge in [-0.05, 0) is 29.5 Å². The van der Waals surface area contributed by atoms with Gasteiger partial charge in [0.05, 0.1) is 24.7 Å². The molecule has 0 aliphatic carbocycles. The summed E-state index contributed by atoms with van der Waals surface area (Å²) in [5.41, 5.74) is -2.72. The lowest BCUT2D eigenvalue weighted by Gasteiger charge is -2.38. The molecule has 1 atom stereocenters. The molecule has 0 saturated heterocycles. The van der Waals surface area contributed by atoms with Crippen molar-refractivity contribution in [2.75, 3.05) is 18.5 Å². The average molecular weight is 562 g/mol. The molecule has 2 aromatic heterocycles. The first-order chi connectivity index (χ1) is 18.8. The van der Waals surface area contributed by atoms with Gasteiger partial charge in [0, 0.05) is 24.5 Å². The Morgan fingerprint density at radius 1 is 1.10 bits per heavy atom. The van der Waals surface area contributed by atoms with E-state index in [2.05, 4.69) is 20.4 Å². The highest BCUT2D eigenvalue weighted by Crippen LogP contribution is 2.45. The van der Waals surface area contributed by atoms with Crippen LogP contribution in [0.2, 0.25) is 0 Å². The number of aryl methyl sites for hydroxylation is 1. The maximum atomic E-state index is 14.5. The molecule has 2 N–H and O–H groups in total. The maximum Gasteiger partial charge on any atom is 0.418 e. The number of alkyl halides is 3. The van der Waals surface area contributed by atoms with E-state index in [0.717, 1.165) is 16.3 Å². The van der Waals surface area contributed by atoms with Crippen LogP contribution in [0.4, 0.5) is 27.8 Å². The van der Waals surface area contributed by atoms with Gasteiger partial charge in [0.15, 0.2) is 17.1 Å². The molecule has 0 amide bonds. The first kappa shape index (κ1) is 27.8. The van der Waals surface area contributed by atoms with E-state index >= 15 is 0 Å². The highest BCUT2D eigenvalue weighted by atomic mass is 19.4. The molecular formula is C28H28F5N5O2. The molecular weight excluding hydrogens is 533 g/mol. The average Bonchev–Trinajstić information content (AvgIpc) is 3.53. The SMILES string of the molecule is CCc1nc(NCC(O)(CC(C)(C)c2cccc3c2OCC3)C(F)(F)F)c2cnn(-c3ccc(F)cc3F)c2n1. The second-order valence-electron chi connectivity index (χ2n) is 10.6. The number of fused-ring (bicyclic) bond motifs is 2. The number of aliphatic hydroxyl groups is 1. The zero-order valence-electron chi connectivity index (χ0n) is 22.1. The summed E-state index contributed by atoms with van der Waals surface area (Å²) in [6, 6.07) is 8.32. The monoisotopic (exact) mass is 561 g/mol. The minimum Gasteiger partial charge on any atom is -0.493 e. The van der Waals surface area contributed by atoms with Gasteiger partial charge in [-0.15, -0.1) is 0 Å². The molecule has 3 heterocycles. The number of para-hydroxylation sites is 1. The number of hydrogen-bond acceptors (Lipinski definition) is 6. The zero-order valence-corrected chi connectivity index (χ0v) is 22.1. The third kappa shape index (κ3) is 4.96. The molecule has 1 unspecified atom stereocenters. The summed E-state index contributed by atoms with van der Waals surface area (Å²) < 4.78 is 78.2. The Morgan fingerprint density at radius 3 is 2.58 bits per heavy atom. The summed E-state index contributed by atoms with van der Waals surface area (Å²) >= 11 is 0. The number of rotatable bonds is 8. The Morgan fingerprint density at radius 2 is 1.88 bits per heavy atom. The van der Waals surface area contributed by atoms with E-state index < -0.39 is 41.8 Å². The van der Waals surface area contributed by atoms with Crippen molar-refractivity contribution in [2.24, 2.45) is 0 Å². The lowest BCUT2D eigenvalue weighted by molar-refractivity contribution is -0.260. The van der Waals surface area contributed by atoms with Gasteiger partial charge < -0.3 is 15.2 Å². The van der Waals surface area contributed by atoms with Crippen molar-refractivity contribution in [1.82, 2.24) is 19.7 Å². The van der Waals surface area contributed by atoms with Gasteiger partial charge in [-0.3, -0.25) is 0 Å². The van der Waals surface area contributed by atoms with Crippen LogP contribution in [0.15, 0.2) is 42.6 Å². The van der Waals surface area contributed by atoms with Crippen LogP contribution in [0.1, 0.15) is 44.1 Å². The van der Waals surface area contributed by atoms with Crippen molar-refractivity contribution in [3.8, 4) is 11.4 Å². The molecule has 12 heteroatoms. The Labute approximate surface area is 227 Å². The van der Waals surface area contributed by atoms with Crippen LogP contribution in [0.3, 0.4) is 0 Å². The summed E-state index contributed by atoms with van der Waals surface area (Å²) in [6.07, 6.45) is -3.38. The molecule has 7 nitrogen and oxygen atoms in total. The van der Waals surface area contributed by atoms with E-state index in [1.807, 2.05) is 6.07 Å². The molecule has 1 aliphatic rings. The van der Waals surface area contributed by atoms with Crippen molar-refractivity contribution in [3.63, 3.8) is 0 Å². The largest absolute Gasteiger partial charge is 0.493 e. The fourth-order valence-electron chi connectivity index (χ4n) is 5.14. The third-order valence-electron chi connectivity index (χ3n) is 7.18. The highest BCUT2D eigenvalue weighted by Gasteiger charge is 2.56. The first-order valence-corrected chi connectivity index (χ1v) is 12.8. The number of ether oxygens (including phenoxy) is 1. The fraction of sp³-hybridized carbons (Fsp3) is 0.393. The molecule has 0 radical (unpaired) electrons. The van der Waals surface area contributed by atoms with Crippen LogP contribution in [-0.2, 0) is 18.3 Å². The second-order valence-corrected chi connectivity index (χ2v) is 10.6. The van der Waals surface area contributed by atoms with Crippen molar-refractivity contribution in [3.05, 3.63) is 71.2 Å². The van der Waals surface area contributed by atoms with Crippen molar-refractivity contribution < 1.29 is 31.8 Å². The Hall–Kier alpha value is -3.80. The second kappa shape index (κ2) is 9.99. The van der Waals surface area contributed by atoms with Gasteiger partial charge in [0.1, 0.15) is 28.9 Å². The van der Waals surface area contributed by atoms with Gasteiger partial charge in [-0.2, -0.15) is 18.3 Å². The number of nitrogens with zero attached hydrogens (tertiary/aromatic N) is 4. The first-order valence-electron chi connectivity index (χ1n) is 12.8. The standard InChI is InChI=1S/C28H28F5N5O2/c1-4-22-36-24(18-13-35-38(25(18)37-22)21-9-8-17(29)12-20(21)30)34-15-27(39,28(31,32)33)14-26(2,3)19-7-5-6-16-10-11-40-23(16)19/h5-9,12-13,39H,4,10-11,14-15H2,1-3H3,(H,34,36,37). The van der Waals surface area contributed by atoms with Gasteiger partial charge in [0.25, 0.3) is 0 Å². The molecule has 212 valence electrons. The number of halogens is 5. The van der Waals surface area contributed by atoms with Crippen molar-refractivity contribution in [2.45, 2.75) is 57.2 Å². The highest BCUT2D eigenvalue weighted by molar-refractivity contribution is 5.87. The minimum absolute atomic E-state index is 0.0000343. The number of hydrogen-bond donors (Lipinski definition) is 2. The number of nitrogens with one attached hydrogen (secondary N) is 1. The Balaban J connectivity index is 1.49. The van der Waals surface area contributed by atoms with Gasteiger partial charge in [0.2, 0.25) is 0 Å². The van der Waals surface area contributed by atoms with Crippen molar-refractivity contribution in [1.29, 1.82) is 0 Å². The summed E-state index contributed by atoms with van der Waals surface area (Å²) in [5, 5.41) is 18.1. The molecule has 0 fully saturated rings. The van der Waals surface area contributed by atoms with E-state index in [1.54, 1.807) is 32.9 Å². The summed E-state index contributed by atoms with van der Waals surface area (Å²) in [7, 11) is 0. The third-order valence-corrected chi connectivity index (χ3v) is 7.18. The summed E-state index contributed by atoms with van der Waals surface area (Å²) in [6.45, 7) is 4.56. The molecule has 2 aromatic carbocycles. The Bertz CT molecular complexity index is 1570. The maximum absolute atomic E-state index is 14.5. The number of aromatic nitrogens is 4. The lowest BCUT2D eigenvalue weighted by atomic mass is 9.74. The van der Waals surface area contributed by atoms with Crippen LogP contribution < -0.4 is 10.1 Å². The van der Waals surface area contributed by atoms with Crippen LogP contribution >= 0.6 is 0 Å². The van der Waals surface area contributed by atoms with E-state index in [0.29, 0.717) is 36.8 Å². The molecule has 1 aliphatic heterocycles. The van der Waals surface area contributed by atoms with E-state index in [1.165, 1.54) is 12.3 Å². The number of benzene rings is 2. The number of anilines is 1. The van der Waals surface area contributed by atoms with Gasteiger partial charge in [-0.25, -0.2) is 23.4 Å². The zero-order chi connectivity index (χ0) is 28.9.